The summed E-state index contributed by atoms with van der Waals surface area (Å²) in [6.07, 6.45) is 3.70. The minimum absolute atomic E-state index is 0. The Labute approximate surface area is 271 Å². The molecule has 230 valence electrons. The Balaban J connectivity index is 0.000000174. The molecule has 4 heterocycles. The number of rotatable bonds is 4. The van der Waals surface area contributed by atoms with Crippen LogP contribution in [0.25, 0.3) is 72.0 Å². The van der Waals surface area contributed by atoms with Gasteiger partial charge in [-0.05, 0) is 72.5 Å². The third-order valence-corrected chi connectivity index (χ3v) is 8.06. The molecule has 8 rings (SSSR count). The molecule has 0 radical (unpaired) electrons. The van der Waals surface area contributed by atoms with Crippen molar-refractivity contribution < 1.29 is 8.83 Å². The Bertz CT molecular complexity index is 2300. The van der Waals surface area contributed by atoms with E-state index < -0.39 is 0 Å². The number of para-hydroxylation sites is 4. The SMILES string of the molecule is C.C.C=C(C)c1ccnc(-c2cccc3c2oc2ccccc23)c1.CC(C)c1ccnc(-c2cccc3c2oc2ccccc23)c1. The molecule has 0 unspecified atom stereocenters. The van der Waals surface area contributed by atoms with E-state index in [-0.39, 0.29) is 14.9 Å². The van der Waals surface area contributed by atoms with Crippen LogP contribution < -0.4 is 0 Å². The van der Waals surface area contributed by atoms with Gasteiger partial charge >= 0.3 is 0 Å². The molecule has 4 aromatic carbocycles. The van der Waals surface area contributed by atoms with Gasteiger partial charge in [-0.15, -0.1) is 0 Å². The fourth-order valence-electron chi connectivity index (χ4n) is 5.69. The molecule has 0 aliphatic rings. The van der Waals surface area contributed by atoms with Crippen LogP contribution in [0.2, 0.25) is 0 Å². The van der Waals surface area contributed by atoms with Gasteiger partial charge in [0.1, 0.15) is 22.3 Å². The lowest BCUT2D eigenvalue weighted by Crippen LogP contribution is -1.90. The van der Waals surface area contributed by atoms with Crippen LogP contribution >= 0.6 is 0 Å². The van der Waals surface area contributed by atoms with Gasteiger partial charge in [0.05, 0.1) is 11.4 Å². The number of furan rings is 2. The first-order valence-electron chi connectivity index (χ1n) is 14.9. The zero-order chi connectivity index (χ0) is 30.2. The maximum Gasteiger partial charge on any atom is 0.144 e. The number of hydrogen-bond donors (Lipinski definition) is 0. The quantitative estimate of drug-likeness (QED) is 0.200. The van der Waals surface area contributed by atoms with Crippen molar-refractivity contribution in [1.82, 2.24) is 9.97 Å². The molecule has 0 aliphatic carbocycles. The average Bonchev–Trinajstić information content (AvgIpc) is 3.64. The second-order valence-electron chi connectivity index (χ2n) is 11.4. The minimum Gasteiger partial charge on any atom is -0.455 e. The molecule has 0 saturated carbocycles. The van der Waals surface area contributed by atoms with E-state index in [0.29, 0.717) is 5.92 Å². The molecule has 0 saturated heterocycles. The second-order valence-corrected chi connectivity index (χ2v) is 11.4. The molecule has 8 aromatic rings. The molecule has 0 spiro atoms. The molecule has 4 heteroatoms. The van der Waals surface area contributed by atoms with Crippen LogP contribution in [0.1, 0.15) is 52.7 Å². The van der Waals surface area contributed by atoms with E-state index in [9.17, 15) is 0 Å². The second kappa shape index (κ2) is 13.3. The zero-order valence-corrected chi connectivity index (χ0v) is 25.0. The van der Waals surface area contributed by atoms with Crippen LogP contribution in [-0.4, -0.2) is 9.97 Å². The fourth-order valence-corrected chi connectivity index (χ4v) is 5.69. The van der Waals surface area contributed by atoms with E-state index in [1.807, 2.05) is 61.8 Å². The number of hydrogen-bond acceptors (Lipinski definition) is 4. The van der Waals surface area contributed by atoms with E-state index in [4.69, 9.17) is 8.83 Å². The lowest BCUT2D eigenvalue weighted by molar-refractivity contribution is 0.669. The van der Waals surface area contributed by atoms with Crippen LogP contribution in [0.4, 0.5) is 0 Å². The maximum atomic E-state index is 6.10. The Morgan fingerprint density at radius 1 is 0.587 bits per heavy atom. The Morgan fingerprint density at radius 3 is 1.59 bits per heavy atom. The maximum absolute atomic E-state index is 6.10. The molecule has 0 amide bonds. The third-order valence-electron chi connectivity index (χ3n) is 8.06. The highest BCUT2D eigenvalue weighted by Gasteiger charge is 2.14. The van der Waals surface area contributed by atoms with E-state index in [1.165, 1.54) is 5.56 Å². The summed E-state index contributed by atoms with van der Waals surface area (Å²) >= 11 is 0. The van der Waals surface area contributed by atoms with Crippen molar-refractivity contribution in [3.05, 3.63) is 139 Å². The highest BCUT2D eigenvalue weighted by Crippen LogP contribution is 2.37. The molecular weight excluding hydrogens is 564 g/mol. The number of benzene rings is 4. The van der Waals surface area contributed by atoms with E-state index in [1.54, 1.807) is 0 Å². The van der Waals surface area contributed by atoms with Crippen LogP contribution in [0.5, 0.6) is 0 Å². The fraction of sp³-hybridized carbons (Fsp3) is 0.143. The summed E-state index contributed by atoms with van der Waals surface area (Å²) in [7, 11) is 0. The van der Waals surface area contributed by atoms with Gasteiger partial charge in [0, 0.05) is 45.1 Å². The van der Waals surface area contributed by atoms with Crippen molar-refractivity contribution in [2.24, 2.45) is 0 Å². The van der Waals surface area contributed by atoms with Crippen molar-refractivity contribution in [3.8, 4) is 22.5 Å². The average molecular weight is 605 g/mol. The van der Waals surface area contributed by atoms with E-state index >= 15 is 0 Å². The van der Waals surface area contributed by atoms with Crippen LogP contribution in [-0.2, 0) is 0 Å². The van der Waals surface area contributed by atoms with Gasteiger partial charge in [0.25, 0.3) is 0 Å². The Hall–Kier alpha value is -5.48. The first-order valence-corrected chi connectivity index (χ1v) is 14.9. The third kappa shape index (κ3) is 5.82. The van der Waals surface area contributed by atoms with Gasteiger partial charge in [0.15, 0.2) is 0 Å². The molecule has 46 heavy (non-hydrogen) atoms. The van der Waals surface area contributed by atoms with Gasteiger partial charge in [-0.2, -0.15) is 0 Å². The predicted octanol–water partition coefficient (Wildman–Crippen LogP) is 12.7. The summed E-state index contributed by atoms with van der Waals surface area (Å²) in [6, 6.07) is 37.0. The first-order chi connectivity index (χ1) is 21.5. The van der Waals surface area contributed by atoms with Crippen molar-refractivity contribution in [1.29, 1.82) is 0 Å². The molecule has 0 aliphatic heterocycles. The van der Waals surface area contributed by atoms with Gasteiger partial charge in [0.2, 0.25) is 0 Å². The van der Waals surface area contributed by atoms with Gasteiger partial charge in [-0.3, -0.25) is 9.97 Å². The summed E-state index contributed by atoms with van der Waals surface area (Å²) in [5, 5.41) is 4.55. The predicted molar refractivity (Wildman–Crippen MR) is 196 cm³/mol. The first kappa shape index (κ1) is 31.9. The summed E-state index contributed by atoms with van der Waals surface area (Å²) < 4.78 is 12.2. The Kier molecular flexibility index (Phi) is 9.20. The minimum atomic E-state index is 0. The monoisotopic (exact) mass is 604 g/mol. The number of fused-ring (bicyclic) bond motifs is 6. The van der Waals surface area contributed by atoms with Gasteiger partial charge < -0.3 is 8.83 Å². The molecule has 4 nitrogen and oxygen atoms in total. The number of nitrogens with zero attached hydrogens (tertiary/aromatic N) is 2. The standard InChI is InChI=1S/C20H17NO.C20H15NO.2CH4/c2*1-13(2)14-10-11-21-18(12-14)17-8-5-7-16-15-6-3-4-9-19(15)22-20(16)17;;/h3-13H,1-2H3;3-12H,1H2,2H3;2*1H4. The molecule has 0 bridgehead atoms. The van der Waals surface area contributed by atoms with Gasteiger partial charge in [-0.1, -0.05) is 102 Å². The van der Waals surface area contributed by atoms with E-state index in [2.05, 4.69) is 97.1 Å². The van der Waals surface area contributed by atoms with Crippen LogP contribution in [0.15, 0.2) is 137 Å². The lowest BCUT2D eigenvalue weighted by Gasteiger charge is -2.07. The van der Waals surface area contributed by atoms with Crippen LogP contribution in [0.3, 0.4) is 0 Å². The normalized spacial score (nSPS) is 10.9. The largest absolute Gasteiger partial charge is 0.455 e. The van der Waals surface area contributed by atoms with Gasteiger partial charge in [-0.25, -0.2) is 0 Å². The number of pyridine rings is 2. The lowest BCUT2D eigenvalue weighted by atomic mass is 10.0. The molecular formula is C42H40N2O2. The molecule has 0 atom stereocenters. The topological polar surface area (TPSA) is 52.1 Å². The van der Waals surface area contributed by atoms with Crippen molar-refractivity contribution in [2.75, 3.05) is 0 Å². The van der Waals surface area contributed by atoms with Crippen LogP contribution in [0, 0.1) is 0 Å². The zero-order valence-electron chi connectivity index (χ0n) is 25.0. The number of allylic oxidation sites excluding steroid dienone is 1. The van der Waals surface area contributed by atoms with Crippen molar-refractivity contribution >= 4 is 49.5 Å². The van der Waals surface area contributed by atoms with Crippen molar-refractivity contribution in [3.63, 3.8) is 0 Å². The highest BCUT2D eigenvalue weighted by molar-refractivity contribution is 6.10. The highest BCUT2D eigenvalue weighted by atomic mass is 16.3. The number of aromatic nitrogens is 2. The summed E-state index contributed by atoms with van der Waals surface area (Å²) in [6.45, 7) is 10.4. The summed E-state index contributed by atoms with van der Waals surface area (Å²) in [4.78, 5) is 9.06. The Morgan fingerprint density at radius 2 is 1.07 bits per heavy atom. The summed E-state index contributed by atoms with van der Waals surface area (Å²) in [5.74, 6) is 0.483. The smallest absolute Gasteiger partial charge is 0.144 e. The van der Waals surface area contributed by atoms with E-state index in [0.717, 1.165) is 77.5 Å². The summed E-state index contributed by atoms with van der Waals surface area (Å²) in [5.41, 5.74) is 11.0. The molecule has 4 aromatic heterocycles. The van der Waals surface area contributed by atoms with Crippen molar-refractivity contribution in [2.45, 2.75) is 41.5 Å². The molecule has 0 N–H and O–H groups in total. The molecule has 0 fully saturated rings.